The van der Waals surface area contributed by atoms with E-state index in [0.717, 1.165) is 27.1 Å². The van der Waals surface area contributed by atoms with E-state index in [-0.39, 0.29) is 36.0 Å². The number of ketones is 1. The summed E-state index contributed by atoms with van der Waals surface area (Å²) in [6.45, 7) is 2.44. The van der Waals surface area contributed by atoms with Crippen LogP contribution in [0.1, 0.15) is 41.3 Å². The summed E-state index contributed by atoms with van der Waals surface area (Å²) in [6, 6.07) is 20.3. The van der Waals surface area contributed by atoms with Crippen molar-refractivity contribution in [2.24, 2.45) is 0 Å². The van der Waals surface area contributed by atoms with Crippen LogP contribution in [0.25, 0.3) is 10.2 Å². The van der Waals surface area contributed by atoms with E-state index in [2.05, 4.69) is 5.32 Å². The SMILES string of the molecule is CCCC(=O)NC(Cc1ccc(OCCn2c(=O)sc3cc(C(=O)c4ccccc4)ccc32)cc1)C(=O)O. The fourth-order valence-electron chi connectivity index (χ4n) is 4.08. The highest BCUT2D eigenvalue weighted by Crippen LogP contribution is 2.21. The van der Waals surface area contributed by atoms with Crippen LogP contribution in [-0.4, -0.2) is 40.0 Å². The molecule has 1 atom stereocenters. The van der Waals surface area contributed by atoms with Crippen LogP contribution >= 0.6 is 11.3 Å². The monoisotopic (exact) mass is 532 g/mol. The zero-order valence-corrected chi connectivity index (χ0v) is 21.7. The molecule has 0 bridgehead atoms. The largest absolute Gasteiger partial charge is 0.492 e. The van der Waals surface area contributed by atoms with E-state index in [0.29, 0.717) is 29.8 Å². The molecule has 1 unspecified atom stereocenters. The molecule has 0 saturated carbocycles. The third-order valence-corrected chi connectivity index (χ3v) is 6.97. The zero-order chi connectivity index (χ0) is 27.1. The number of benzene rings is 3. The van der Waals surface area contributed by atoms with Crippen LogP contribution in [-0.2, 0) is 22.6 Å². The van der Waals surface area contributed by atoms with Gasteiger partial charge in [-0.05, 0) is 42.3 Å². The number of carboxylic acids is 1. The highest BCUT2D eigenvalue weighted by atomic mass is 32.1. The molecule has 3 aromatic carbocycles. The number of amides is 1. The molecule has 1 amide bonds. The van der Waals surface area contributed by atoms with E-state index in [1.54, 1.807) is 59.2 Å². The molecule has 0 aliphatic carbocycles. The van der Waals surface area contributed by atoms with Gasteiger partial charge in [-0.25, -0.2) is 4.79 Å². The first-order valence-electron chi connectivity index (χ1n) is 12.3. The Bertz CT molecular complexity index is 1490. The van der Waals surface area contributed by atoms with Gasteiger partial charge in [-0.2, -0.15) is 0 Å². The van der Waals surface area contributed by atoms with Gasteiger partial charge in [0.25, 0.3) is 0 Å². The third kappa shape index (κ3) is 6.54. The highest BCUT2D eigenvalue weighted by Gasteiger charge is 2.20. The van der Waals surface area contributed by atoms with Gasteiger partial charge in [-0.3, -0.25) is 19.0 Å². The summed E-state index contributed by atoms with van der Waals surface area (Å²) >= 11 is 1.09. The van der Waals surface area contributed by atoms with Crippen molar-refractivity contribution in [1.29, 1.82) is 0 Å². The number of nitrogens with zero attached hydrogens (tertiary/aromatic N) is 1. The molecule has 0 saturated heterocycles. The van der Waals surface area contributed by atoms with E-state index < -0.39 is 12.0 Å². The van der Waals surface area contributed by atoms with Crippen LogP contribution in [0.15, 0.2) is 77.6 Å². The number of nitrogens with one attached hydrogen (secondary N) is 1. The van der Waals surface area contributed by atoms with Crippen molar-refractivity contribution >= 4 is 39.2 Å². The summed E-state index contributed by atoms with van der Waals surface area (Å²) in [6.07, 6.45) is 1.09. The molecule has 4 aromatic rings. The van der Waals surface area contributed by atoms with Crippen LogP contribution in [0.4, 0.5) is 0 Å². The number of aromatic nitrogens is 1. The van der Waals surface area contributed by atoms with Gasteiger partial charge < -0.3 is 15.2 Å². The minimum Gasteiger partial charge on any atom is -0.492 e. The molecular weight excluding hydrogens is 504 g/mol. The van der Waals surface area contributed by atoms with Gasteiger partial charge in [0.1, 0.15) is 18.4 Å². The maximum atomic E-state index is 12.8. The molecule has 2 N–H and O–H groups in total. The summed E-state index contributed by atoms with van der Waals surface area (Å²) in [5, 5.41) is 12.0. The van der Waals surface area contributed by atoms with Crippen molar-refractivity contribution < 1.29 is 24.2 Å². The van der Waals surface area contributed by atoms with Crippen molar-refractivity contribution in [2.45, 2.75) is 38.8 Å². The second-order valence-electron chi connectivity index (χ2n) is 8.80. The first kappa shape index (κ1) is 26.8. The van der Waals surface area contributed by atoms with Gasteiger partial charge >= 0.3 is 10.8 Å². The first-order chi connectivity index (χ1) is 18.4. The Morgan fingerprint density at radius 3 is 2.42 bits per heavy atom. The second-order valence-corrected chi connectivity index (χ2v) is 9.80. The van der Waals surface area contributed by atoms with E-state index in [9.17, 15) is 24.3 Å². The fraction of sp³-hybridized carbons (Fsp3) is 0.241. The number of hydrogen-bond donors (Lipinski definition) is 2. The smallest absolute Gasteiger partial charge is 0.326 e. The molecule has 38 heavy (non-hydrogen) atoms. The average molecular weight is 533 g/mol. The number of carbonyl (C=O) groups excluding carboxylic acids is 2. The number of carboxylic acid groups (broad SMARTS) is 1. The van der Waals surface area contributed by atoms with E-state index in [4.69, 9.17) is 4.74 Å². The molecule has 0 radical (unpaired) electrons. The lowest BCUT2D eigenvalue weighted by atomic mass is 10.0. The molecule has 8 nitrogen and oxygen atoms in total. The topological polar surface area (TPSA) is 115 Å². The van der Waals surface area contributed by atoms with Gasteiger partial charge in [-0.1, -0.05) is 60.7 Å². The quantitative estimate of drug-likeness (QED) is 0.263. The standard InChI is InChI=1S/C29H28N2O6S/c1-2-6-26(32)30-23(28(34)35)17-19-9-12-22(13-10-19)37-16-15-31-24-14-11-21(18-25(24)38-29(31)36)27(33)20-7-4-3-5-8-20/h3-5,7-14,18,23H,2,6,15-17H2,1H3,(H,30,32)(H,34,35). The molecular formula is C29H28N2O6S. The molecule has 9 heteroatoms. The van der Waals surface area contributed by atoms with Crippen LogP contribution < -0.4 is 14.9 Å². The minimum atomic E-state index is -1.08. The van der Waals surface area contributed by atoms with Crippen molar-refractivity contribution in [3.63, 3.8) is 0 Å². The zero-order valence-electron chi connectivity index (χ0n) is 20.9. The average Bonchev–Trinajstić information content (AvgIpc) is 3.23. The van der Waals surface area contributed by atoms with Crippen molar-refractivity contribution in [1.82, 2.24) is 9.88 Å². The van der Waals surface area contributed by atoms with Crippen LogP contribution in [0.2, 0.25) is 0 Å². The third-order valence-electron chi connectivity index (χ3n) is 6.02. The van der Waals surface area contributed by atoms with Crippen molar-refractivity contribution in [2.75, 3.05) is 6.61 Å². The summed E-state index contributed by atoms with van der Waals surface area (Å²) < 4.78 is 8.17. The maximum absolute atomic E-state index is 12.8. The van der Waals surface area contributed by atoms with Crippen molar-refractivity contribution in [3.8, 4) is 5.75 Å². The first-order valence-corrected chi connectivity index (χ1v) is 13.1. The van der Waals surface area contributed by atoms with Crippen molar-refractivity contribution in [3.05, 3.63) is 99.2 Å². The summed E-state index contributed by atoms with van der Waals surface area (Å²) in [5.74, 6) is -0.876. The Morgan fingerprint density at radius 2 is 1.74 bits per heavy atom. The second kappa shape index (κ2) is 12.3. The Balaban J connectivity index is 1.37. The number of fused-ring (bicyclic) bond motifs is 1. The number of rotatable bonds is 12. The van der Waals surface area contributed by atoms with Gasteiger partial charge in [0.15, 0.2) is 5.78 Å². The Morgan fingerprint density at radius 1 is 1.00 bits per heavy atom. The minimum absolute atomic E-state index is 0.0929. The molecule has 1 heterocycles. The molecule has 0 aliphatic rings. The Hall–Kier alpha value is -4.24. The Labute approximate surface area is 223 Å². The van der Waals surface area contributed by atoms with Crippen LogP contribution in [0.5, 0.6) is 5.75 Å². The fourth-order valence-corrected chi connectivity index (χ4v) is 5.04. The number of aliphatic carboxylic acids is 1. The lowest BCUT2D eigenvalue weighted by Crippen LogP contribution is -2.42. The molecule has 0 fully saturated rings. The summed E-state index contributed by atoms with van der Waals surface area (Å²) in [7, 11) is 0. The van der Waals surface area contributed by atoms with Gasteiger partial charge in [0.05, 0.1) is 16.8 Å². The number of hydrogen-bond acceptors (Lipinski definition) is 6. The maximum Gasteiger partial charge on any atom is 0.326 e. The number of ether oxygens (including phenoxy) is 1. The molecule has 0 aliphatic heterocycles. The number of thiazole rings is 1. The van der Waals surface area contributed by atoms with E-state index in [1.165, 1.54) is 0 Å². The lowest BCUT2D eigenvalue weighted by Gasteiger charge is -2.15. The molecule has 0 spiro atoms. The number of carbonyl (C=O) groups is 3. The van der Waals surface area contributed by atoms with E-state index in [1.807, 2.05) is 25.1 Å². The highest BCUT2D eigenvalue weighted by molar-refractivity contribution is 7.16. The molecule has 4 rings (SSSR count). The normalized spacial score (nSPS) is 11.7. The van der Waals surface area contributed by atoms with Crippen LogP contribution in [0, 0.1) is 0 Å². The Kier molecular flexibility index (Phi) is 8.70. The van der Waals surface area contributed by atoms with E-state index >= 15 is 0 Å². The van der Waals surface area contributed by atoms with Gasteiger partial charge in [-0.15, -0.1) is 0 Å². The van der Waals surface area contributed by atoms with Crippen LogP contribution in [0.3, 0.4) is 0 Å². The summed E-state index contributed by atoms with van der Waals surface area (Å²) in [5.41, 5.74) is 2.62. The van der Waals surface area contributed by atoms with Gasteiger partial charge in [0.2, 0.25) is 5.91 Å². The van der Waals surface area contributed by atoms with Gasteiger partial charge in [0, 0.05) is 24.0 Å². The predicted molar refractivity (Wildman–Crippen MR) is 146 cm³/mol. The lowest BCUT2D eigenvalue weighted by molar-refractivity contribution is -0.141. The predicted octanol–water partition coefficient (Wildman–Crippen LogP) is 4.29. The summed E-state index contributed by atoms with van der Waals surface area (Å²) in [4.78, 5) is 48.6. The molecule has 196 valence electrons. The molecule has 1 aromatic heterocycles.